The smallest absolute Gasteiger partial charge is 0.274 e. The van der Waals surface area contributed by atoms with E-state index in [-0.39, 0.29) is 0 Å². The van der Waals surface area contributed by atoms with Crippen molar-refractivity contribution in [3.05, 3.63) is 50.6 Å². The lowest BCUT2D eigenvalue weighted by molar-refractivity contribution is 0.416. The predicted molar refractivity (Wildman–Crippen MR) is 139 cm³/mol. The highest BCUT2D eigenvalue weighted by Gasteiger charge is 2.46. The van der Waals surface area contributed by atoms with Crippen molar-refractivity contribution in [1.29, 1.82) is 0 Å². The molecule has 1 N–H and O–H groups in total. The van der Waals surface area contributed by atoms with E-state index in [9.17, 15) is 27.7 Å². The maximum atomic E-state index is 12.0. The molecule has 188 valence electrons. The Kier molecular flexibility index (Phi) is 12.1. The molecule has 0 saturated carbocycles. The SMILES string of the molecule is CC(C)(CCCCCSCCCCCC(C)(c1ccccc1)S(=O)(=O)O)S(N=O)(N=O)N=O. The lowest BCUT2D eigenvalue weighted by Crippen LogP contribution is -2.32. The predicted octanol–water partition coefficient (Wildman–Crippen LogP) is 7.27. The van der Waals surface area contributed by atoms with Crippen molar-refractivity contribution in [2.24, 2.45) is 13.7 Å². The Morgan fingerprint density at radius 2 is 1.27 bits per heavy atom. The average Bonchev–Trinajstić information content (AvgIpc) is 2.78. The monoisotopic (exact) mass is 521 g/mol. The van der Waals surface area contributed by atoms with Gasteiger partial charge in [0.1, 0.15) is 4.75 Å². The summed E-state index contributed by atoms with van der Waals surface area (Å²) < 4.78 is 39.5. The molecule has 0 fully saturated rings. The first-order chi connectivity index (χ1) is 15.5. The average molecular weight is 522 g/mol. The van der Waals surface area contributed by atoms with Crippen LogP contribution in [-0.4, -0.2) is 29.2 Å². The number of unbranched alkanes of at least 4 members (excludes halogenated alkanes) is 4. The number of hydrogen-bond acceptors (Lipinski definition) is 9. The van der Waals surface area contributed by atoms with Gasteiger partial charge in [0, 0.05) is 13.7 Å². The Hall–Kier alpha value is -1.37. The zero-order valence-corrected chi connectivity index (χ0v) is 22.0. The van der Waals surface area contributed by atoms with E-state index in [2.05, 4.69) is 13.7 Å². The summed E-state index contributed by atoms with van der Waals surface area (Å²) in [5.74, 6) is 1.93. The molecule has 0 bridgehead atoms. The third kappa shape index (κ3) is 8.11. The van der Waals surface area contributed by atoms with Gasteiger partial charge >= 0.3 is 0 Å². The molecular weight excluding hydrogens is 486 g/mol. The first kappa shape index (κ1) is 29.7. The molecule has 9 nitrogen and oxygen atoms in total. The largest absolute Gasteiger partial charge is 0.285 e. The molecule has 1 rings (SSSR count). The molecule has 1 unspecified atom stereocenters. The Balaban J connectivity index is 2.25. The number of thioether (sulfide) groups is 1. The van der Waals surface area contributed by atoms with Crippen LogP contribution in [0.1, 0.15) is 77.7 Å². The molecule has 1 aromatic rings. The molecule has 1 aromatic carbocycles. The fourth-order valence-electron chi connectivity index (χ4n) is 3.57. The minimum atomic E-state index is -4.23. The molecule has 0 aromatic heterocycles. The molecule has 0 radical (unpaired) electrons. The number of hydrogen-bond donors (Lipinski definition) is 1. The number of nitrogens with zero attached hydrogens (tertiary/aromatic N) is 3. The third-order valence-electron chi connectivity index (χ3n) is 6.02. The van der Waals surface area contributed by atoms with Crippen LogP contribution < -0.4 is 0 Å². The Morgan fingerprint density at radius 1 is 0.788 bits per heavy atom. The fourth-order valence-corrected chi connectivity index (χ4v) is 6.53. The summed E-state index contributed by atoms with van der Waals surface area (Å²) in [6, 6.07) is 8.81. The van der Waals surface area contributed by atoms with Crippen LogP contribution in [0.25, 0.3) is 0 Å². The van der Waals surface area contributed by atoms with Crippen molar-refractivity contribution in [3.63, 3.8) is 0 Å². The normalized spacial score (nSPS) is 14.9. The van der Waals surface area contributed by atoms with E-state index in [1.165, 1.54) is 0 Å². The van der Waals surface area contributed by atoms with Crippen molar-refractivity contribution in [3.8, 4) is 0 Å². The van der Waals surface area contributed by atoms with E-state index in [1.54, 1.807) is 45.0 Å². The molecule has 0 aliphatic heterocycles. The van der Waals surface area contributed by atoms with Gasteiger partial charge in [-0.05, 0) is 63.5 Å². The molecule has 0 spiro atoms. The van der Waals surface area contributed by atoms with E-state index >= 15 is 0 Å². The first-order valence-corrected chi connectivity index (χ1v) is 15.1. The van der Waals surface area contributed by atoms with Gasteiger partial charge in [0.05, 0.1) is 4.75 Å². The molecule has 0 aliphatic carbocycles. The maximum absolute atomic E-state index is 12.0. The van der Waals surface area contributed by atoms with Gasteiger partial charge < -0.3 is 0 Å². The second kappa shape index (κ2) is 13.5. The van der Waals surface area contributed by atoms with Crippen molar-refractivity contribution in [1.82, 2.24) is 0 Å². The van der Waals surface area contributed by atoms with Gasteiger partial charge in [-0.2, -0.15) is 20.2 Å². The molecular formula is C21H35N3O6S3. The van der Waals surface area contributed by atoms with Crippen LogP contribution in [0.15, 0.2) is 44.1 Å². The highest BCUT2D eigenvalue weighted by molar-refractivity contribution is 8.31. The van der Waals surface area contributed by atoms with Crippen LogP contribution in [0.3, 0.4) is 0 Å². The molecule has 33 heavy (non-hydrogen) atoms. The van der Waals surface area contributed by atoms with Gasteiger partial charge in [-0.15, -0.1) is 14.7 Å². The zero-order valence-electron chi connectivity index (χ0n) is 19.5. The van der Waals surface area contributed by atoms with Crippen LogP contribution in [0.5, 0.6) is 0 Å². The van der Waals surface area contributed by atoms with Crippen LogP contribution in [0.4, 0.5) is 0 Å². The standard InChI is InChI=1S/C21H35N3O6S3/c1-20(2,32(22-25,23-26)24-27)15-9-5-11-17-31-18-12-6-10-16-21(3,33(28,29)30)19-13-7-4-8-14-19/h4,7-8,13-14H,5-6,9-12,15-18H2,1-3H3,(H,28,29,30). The minimum absolute atomic E-state index is 0.362. The summed E-state index contributed by atoms with van der Waals surface area (Å²) in [6.45, 7) is 4.83. The van der Waals surface area contributed by atoms with Crippen molar-refractivity contribution < 1.29 is 13.0 Å². The topological polar surface area (TPSA) is 143 Å². The summed E-state index contributed by atoms with van der Waals surface area (Å²) in [6.07, 6.45) is 5.98. The van der Waals surface area contributed by atoms with Crippen molar-refractivity contribution in [2.75, 3.05) is 11.5 Å². The van der Waals surface area contributed by atoms with Gasteiger partial charge in [-0.25, -0.2) is 0 Å². The van der Waals surface area contributed by atoms with E-state index in [0.29, 0.717) is 24.8 Å². The summed E-state index contributed by atoms with van der Waals surface area (Å²) in [5.41, 5.74) is 0.598. The van der Waals surface area contributed by atoms with Gasteiger partial charge in [-0.1, -0.05) is 56.0 Å². The lowest BCUT2D eigenvalue weighted by Gasteiger charge is -2.32. The van der Waals surface area contributed by atoms with Crippen LogP contribution in [0, 0.1) is 14.7 Å². The number of rotatable bonds is 18. The van der Waals surface area contributed by atoms with Gasteiger partial charge in [-0.3, -0.25) is 4.55 Å². The van der Waals surface area contributed by atoms with E-state index < -0.39 is 30.2 Å². The molecule has 12 heteroatoms. The first-order valence-electron chi connectivity index (χ1n) is 11.0. The summed E-state index contributed by atoms with van der Waals surface area (Å²) in [5, 5.41) is 0. The summed E-state index contributed by atoms with van der Waals surface area (Å²) >= 11 is 1.82. The summed E-state index contributed by atoms with van der Waals surface area (Å²) in [4.78, 5) is 32.8. The van der Waals surface area contributed by atoms with Crippen LogP contribution in [0.2, 0.25) is 0 Å². The second-order valence-electron chi connectivity index (χ2n) is 8.81. The van der Waals surface area contributed by atoms with Gasteiger partial charge in [0.2, 0.25) is 0 Å². The van der Waals surface area contributed by atoms with Gasteiger partial charge in [0.15, 0.2) is 10.6 Å². The molecule has 1 atom stereocenters. The van der Waals surface area contributed by atoms with Crippen molar-refractivity contribution >= 4 is 32.5 Å². The Labute approximate surface area is 202 Å². The molecule has 0 amide bonds. The maximum Gasteiger partial charge on any atom is 0.274 e. The quantitative estimate of drug-likeness (QED) is 0.121. The van der Waals surface area contributed by atoms with Gasteiger partial charge in [0.25, 0.3) is 10.1 Å². The summed E-state index contributed by atoms with van der Waals surface area (Å²) in [7, 11) is -7.51. The van der Waals surface area contributed by atoms with E-state index in [0.717, 1.165) is 43.6 Å². The zero-order chi connectivity index (χ0) is 25.0. The van der Waals surface area contributed by atoms with Crippen LogP contribution >= 0.6 is 22.3 Å². The minimum Gasteiger partial charge on any atom is -0.285 e. The van der Waals surface area contributed by atoms with Crippen LogP contribution in [-0.2, 0) is 14.9 Å². The molecule has 0 heterocycles. The third-order valence-corrected chi connectivity index (χ3v) is 11.1. The second-order valence-corrected chi connectivity index (χ2v) is 14.5. The lowest BCUT2D eigenvalue weighted by atomic mass is 9.94. The highest BCUT2D eigenvalue weighted by Crippen LogP contribution is 2.64. The number of nitroso groups, excluding NO2 is 3. The number of benzene rings is 1. The Morgan fingerprint density at radius 3 is 1.73 bits per heavy atom. The molecule has 0 aliphatic rings. The highest BCUT2D eigenvalue weighted by atomic mass is 32.3. The molecule has 0 saturated heterocycles. The van der Waals surface area contributed by atoms with E-state index in [1.807, 2.05) is 17.8 Å². The van der Waals surface area contributed by atoms with Crippen molar-refractivity contribution in [2.45, 2.75) is 81.6 Å². The van der Waals surface area contributed by atoms with E-state index in [4.69, 9.17) is 0 Å². The fraction of sp³-hybridized carbons (Fsp3) is 0.714. The Bertz CT molecular complexity index is 845.